The largest absolute Gasteiger partial charge is 0.496 e. The summed E-state index contributed by atoms with van der Waals surface area (Å²) in [5.41, 5.74) is 8.67. The van der Waals surface area contributed by atoms with Gasteiger partial charge in [-0.2, -0.15) is 5.10 Å². The molecule has 2 aromatic heterocycles. The minimum absolute atomic E-state index is 0.167. The molecule has 12 nitrogen and oxygen atoms in total. The van der Waals surface area contributed by atoms with Crippen molar-refractivity contribution < 1.29 is 19.1 Å². The molecule has 0 spiro atoms. The van der Waals surface area contributed by atoms with Crippen molar-refractivity contribution >= 4 is 40.0 Å². The molecule has 4 heterocycles. The van der Waals surface area contributed by atoms with E-state index in [1.165, 1.54) is 26.4 Å². The first-order valence-electron chi connectivity index (χ1n) is 19.2. The molecule has 4 aromatic rings. The number of ether oxygens (including phenoxy) is 1. The van der Waals surface area contributed by atoms with Gasteiger partial charge in [0.15, 0.2) is 0 Å². The SMILES string of the molecule is COc1cc2nn(C3CCC(CCN4CCN(c5ccc([C@H]6CCC(=O)N(c7cccn(C8CC8)c7=O)C6=O)cc5)[C@H](C)C4)CC3)cc2cc1C(N)=O. The van der Waals surface area contributed by atoms with Crippen molar-refractivity contribution in [3.05, 3.63) is 82.4 Å². The first-order chi connectivity index (χ1) is 25.7. The van der Waals surface area contributed by atoms with Crippen molar-refractivity contribution in [2.75, 3.05) is 43.1 Å². The number of aromatic nitrogens is 3. The van der Waals surface area contributed by atoms with Crippen molar-refractivity contribution in [2.45, 2.75) is 88.8 Å². The maximum Gasteiger partial charge on any atom is 0.275 e. The molecule has 53 heavy (non-hydrogen) atoms. The van der Waals surface area contributed by atoms with E-state index < -0.39 is 11.8 Å². The van der Waals surface area contributed by atoms with Crippen LogP contribution in [0.2, 0.25) is 0 Å². The molecule has 2 aliphatic heterocycles. The van der Waals surface area contributed by atoms with Gasteiger partial charge in [0, 0.05) is 67.7 Å². The van der Waals surface area contributed by atoms with Crippen LogP contribution in [-0.4, -0.2) is 76.3 Å². The summed E-state index contributed by atoms with van der Waals surface area (Å²) >= 11 is 0. The number of imide groups is 1. The zero-order chi connectivity index (χ0) is 36.8. The zero-order valence-corrected chi connectivity index (χ0v) is 30.7. The number of pyridine rings is 1. The van der Waals surface area contributed by atoms with E-state index in [9.17, 15) is 19.2 Å². The van der Waals surface area contributed by atoms with E-state index >= 15 is 0 Å². The highest BCUT2D eigenvalue weighted by Crippen LogP contribution is 2.37. The van der Waals surface area contributed by atoms with Gasteiger partial charge in [-0.25, -0.2) is 4.90 Å². The van der Waals surface area contributed by atoms with Gasteiger partial charge >= 0.3 is 0 Å². The summed E-state index contributed by atoms with van der Waals surface area (Å²) in [6, 6.07) is 16.1. The highest BCUT2D eigenvalue weighted by molar-refractivity contribution is 6.18. The molecular formula is C41H49N7O5. The molecule has 3 amide bonds. The summed E-state index contributed by atoms with van der Waals surface area (Å²) in [6.07, 6.45) is 12.1. The number of carbonyl (C=O) groups excluding carboxylic acids is 3. The average molecular weight is 720 g/mol. The first kappa shape index (κ1) is 35.1. The van der Waals surface area contributed by atoms with Gasteiger partial charge in [0.05, 0.1) is 30.1 Å². The van der Waals surface area contributed by atoms with E-state index in [0.717, 1.165) is 78.9 Å². The lowest BCUT2D eigenvalue weighted by atomic mass is 9.84. The normalized spacial score (nSPS) is 24.2. The lowest BCUT2D eigenvalue weighted by molar-refractivity contribution is -0.130. The lowest BCUT2D eigenvalue weighted by Crippen LogP contribution is -2.52. The maximum atomic E-state index is 13.7. The number of benzene rings is 2. The third kappa shape index (κ3) is 6.96. The molecule has 278 valence electrons. The topological polar surface area (TPSA) is 136 Å². The van der Waals surface area contributed by atoms with Crippen LogP contribution in [-0.2, 0) is 9.59 Å². The molecule has 2 saturated carbocycles. The third-order valence-corrected chi connectivity index (χ3v) is 12.0. The number of nitrogens with two attached hydrogens (primary N) is 1. The van der Waals surface area contributed by atoms with Crippen molar-refractivity contribution in [3.8, 4) is 5.75 Å². The molecule has 4 aliphatic rings. The van der Waals surface area contributed by atoms with Gasteiger partial charge in [-0.1, -0.05) is 12.1 Å². The van der Waals surface area contributed by atoms with Gasteiger partial charge in [-0.05, 0) is 107 Å². The average Bonchev–Trinajstić information content (AvgIpc) is 3.92. The second-order valence-corrected chi connectivity index (χ2v) is 15.5. The predicted octanol–water partition coefficient (Wildman–Crippen LogP) is 5.41. The van der Waals surface area contributed by atoms with Crippen molar-refractivity contribution in [1.29, 1.82) is 0 Å². The number of hydrogen-bond acceptors (Lipinski definition) is 8. The summed E-state index contributed by atoms with van der Waals surface area (Å²) in [4.78, 5) is 57.9. The monoisotopic (exact) mass is 719 g/mol. The van der Waals surface area contributed by atoms with Crippen molar-refractivity contribution in [1.82, 2.24) is 19.2 Å². The highest BCUT2D eigenvalue weighted by atomic mass is 16.5. The van der Waals surface area contributed by atoms with Gasteiger partial charge < -0.3 is 19.9 Å². The smallest absolute Gasteiger partial charge is 0.275 e. The molecule has 2 atom stereocenters. The number of amides is 3. The van der Waals surface area contributed by atoms with E-state index in [4.69, 9.17) is 15.6 Å². The molecule has 12 heteroatoms. The van der Waals surface area contributed by atoms with Gasteiger partial charge in [-0.3, -0.25) is 28.8 Å². The lowest BCUT2D eigenvalue weighted by Gasteiger charge is -2.42. The van der Waals surface area contributed by atoms with Crippen LogP contribution in [0.25, 0.3) is 10.9 Å². The Kier molecular flexibility index (Phi) is 9.57. The number of primary amides is 1. The van der Waals surface area contributed by atoms with E-state index in [1.807, 2.05) is 18.3 Å². The Morgan fingerprint density at radius 3 is 2.40 bits per heavy atom. The van der Waals surface area contributed by atoms with Crippen molar-refractivity contribution in [3.63, 3.8) is 0 Å². The summed E-state index contributed by atoms with van der Waals surface area (Å²) in [7, 11) is 1.54. The number of fused-ring (bicyclic) bond motifs is 1. The summed E-state index contributed by atoms with van der Waals surface area (Å²) in [5.74, 6) is -0.424. The minimum atomic E-state index is -0.505. The van der Waals surface area contributed by atoms with Gasteiger partial charge in [0.25, 0.3) is 11.5 Å². The molecular weight excluding hydrogens is 670 g/mol. The summed E-state index contributed by atoms with van der Waals surface area (Å²) in [6.45, 7) is 6.32. The Bertz CT molecular complexity index is 2080. The number of hydrogen-bond donors (Lipinski definition) is 1. The van der Waals surface area contributed by atoms with Crippen molar-refractivity contribution in [2.24, 2.45) is 11.7 Å². The van der Waals surface area contributed by atoms with Crippen LogP contribution in [0, 0.1) is 5.92 Å². The molecule has 0 unspecified atom stereocenters. The van der Waals surface area contributed by atoms with E-state index in [1.54, 1.807) is 35.0 Å². The molecule has 2 N–H and O–H groups in total. The summed E-state index contributed by atoms with van der Waals surface area (Å²) < 4.78 is 9.10. The second-order valence-electron chi connectivity index (χ2n) is 15.5. The van der Waals surface area contributed by atoms with Gasteiger partial charge in [-0.15, -0.1) is 0 Å². The number of piperidine rings is 1. The molecule has 4 fully saturated rings. The second kappa shape index (κ2) is 14.5. The Morgan fingerprint density at radius 2 is 1.70 bits per heavy atom. The fourth-order valence-corrected chi connectivity index (χ4v) is 8.85. The van der Waals surface area contributed by atoms with E-state index in [2.05, 4.69) is 33.5 Å². The number of carbonyl (C=O) groups is 3. The third-order valence-electron chi connectivity index (χ3n) is 12.0. The first-order valence-corrected chi connectivity index (χ1v) is 19.2. The van der Waals surface area contributed by atoms with Gasteiger partial charge in [0.2, 0.25) is 11.8 Å². The molecule has 8 rings (SSSR count). The Labute approximate surface area is 309 Å². The molecule has 2 aromatic carbocycles. The Balaban J connectivity index is 0.829. The number of methoxy groups -OCH3 is 1. The quantitative estimate of drug-likeness (QED) is 0.215. The zero-order valence-electron chi connectivity index (χ0n) is 30.7. The van der Waals surface area contributed by atoms with Gasteiger partial charge in [0.1, 0.15) is 11.4 Å². The van der Waals surface area contributed by atoms with Crippen LogP contribution in [0.3, 0.4) is 0 Å². The van der Waals surface area contributed by atoms with Crippen LogP contribution in [0.5, 0.6) is 5.75 Å². The number of piperazine rings is 1. The molecule has 2 aliphatic carbocycles. The number of nitrogens with zero attached hydrogens (tertiary/aromatic N) is 6. The molecule has 0 bridgehead atoms. The fourth-order valence-electron chi connectivity index (χ4n) is 8.85. The fraction of sp³-hybridized carbons (Fsp3) is 0.488. The standard InChI is InChI=1S/C41H49N7O5/c1-26-24-44(19-17-27-5-9-32(10-6-27)47-25-29-22-34(39(42)50)37(53-2)23-35(29)43-47)20-21-45(26)30-11-7-28(8-12-30)33-15-16-38(49)48(40(33)51)36-4-3-18-46(41(36)52)31-13-14-31/h3-4,7-8,11-12,18,22-23,25-27,31-33H,5-6,9-10,13-17,19-21,24H2,1-2H3,(H2,42,50)/t26-,27?,32?,33-/m1/s1. The van der Waals surface area contributed by atoms with Crippen LogP contribution >= 0.6 is 0 Å². The van der Waals surface area contributed by atoms with Crippen LogP contribution in [0.15, 0.2) is 65.7 Å². The molecule has 2 saturated heterocycles. The molecule has 0 radical (unpaired) electrons. The summed E-state index contributed by atoms with van der Waals surface area (Å²) in [5, 5.41) is 5.72. The van der Waals surface area contributed by atoms with Crippen LogP contribution in [0.4, 0.5) is 11.4 Å². The minimum Gasteiger partial charge on any atom is -0.496 e. The van der Waals surface area contributed by atoms with Crippen LogP contribution in [0.1, 0.15) is 98.6 Å². The van der Waals surface area contributed by atoms with E-state index in [-0.39, 0.29) is 35.5 Å². The Morgan fingerprint density at radius 1 is 0.943 bits per heavy atom. The maximum absolute atomic E-state index is 13.7. The predicted molar refractivity (Wildman–Crippen MR) is 204 cm³/mol. The Hall–Kier alpha value is -4.97. The highest BCUT2D eigenvalue weighted by Gasteiger charge is 2.38. The van der Waals surface area contributed by atoms with E-state index in [0.29, 0.717) is 35.7 Å². The number of anilines is 2. The van der Waals surface area contributed by atoms with Crippen LogP contribution < -0.4 is 25.8 Å². The number of rotatable bonds is 10.